The van der Waals surface area contributed by atoms with Crippen LogP contribution in [0.25, 0.3) is 10.9 Å². The monoisotopic (exact) mass is 217 g/mol. The predicted molar refractivity (Wildman–Crippen MR) is 61.9 cm³/mol. The van der Waals surface area contributed by atoms with Gasteiger partial charge in [-0.15, -0.1) is 0 Å². The van der Waals surface area contributed by atoms with Gasteiger partial charge >= 0.3 is 0 Å². The van der Waals surface area contributed by atoms with Crippen LogP contribution in [0.15, 0.2) is 12.1 Å². The molecule has 16 heavy (non-hydrogen) atoms. The molecule has 0 aliphatic heterocycles. The van der Waals surface area contributed by atoms with Crippen LogP contribution in [0.2, 0.25) is 0 Å². The fraction of sp³-hybridized carbons (Fsp3) is 0.273. The molecular weight excluding hydrogens is 204 g/mol. The average molecular weight is 217 g/mol. The molecule has 0 atom stereocenters. The molecule has 1 heterocycles. The molecule has 5 heteroatoms. The van der Waals surface area contributed by atoms with Gasteiger partial charge in [0.2, 0.25) is 5.91 Å². The first kappa shape index (κ1) is 10.5. The number of fused-ring (bicyclic) bond motifs is 1. The van der Waals surface area contributed by atoms with Gasteiger partial charge in [-0.05, 0) is 26.0 Å². The van der Waals surface area contributed by atoms with E-state index in [1.807, 2.05) is 19.9 Å². The third kappa shape index (κ3) is 1.41. The average Bonchev–Trinajstić information content (AvgIpc) is 2.56. The van der Waals surface area contributed by atoms with Crippen LogP contribution in [0.3, 0.4) is 0 Å². The van der Waals surface area contributed by atoms with Gasteiger partial charge in [0, 0.05) is 6.04 Å². The number of rotatable bonds is 2. The van der Waals surface area contributed by atoms with Crippen molar-refractivity contribution in [3.8, 4) is 0 Å². The van der Waals surface area contributed by atoms with Crippen molar-refractivity contribution < 1.29 is 4.79 Å². The lowest BCUT2D eigenvalue weighted by atomic mass is 10.1. The minimum atomic E-state index is -0.541. The lowest BCUT2D eigenvalue weighted by Crippen LogP contribution is -2.11. The van der Waals surface area contributed by atoms with Gasteiger partial charge in [0.05, 0.1) is 16.5 Å². The zero-order valence-electron chi connectivity index (χ0n) is 9.19. The molecule has 0 saturated heterocycles. The van der Waals surface area contributed by atoms with Crippen molar-refractivity contribution in [2.24, 2.45) is 5.73 Å². The Kier molecular flexibility index (Phi) is 2.30. The molecule has 0 unspecified atom stereocenters. The van der Waals surface area contributed by atoms with Crippen LogP contribution in [0, 0.1) is 6.07 Å². The minimum Gasteiger partial charge on any atom is -0.382 e. The second kappa shape index (κ2) is 3.52. The molecule has 1 aromatic carbocycles. The van der Waals surface area contributed by atoms with E-state index in [9.17, 15) is 4.79 Å². The number of carbonyl (C=O) groups is 1. The Morgan fingerprint density at radius 3 is 2.81 bits per heavy atom. The minimum absolute atomic E-state index is 0.169. The highest BCUT2D eigenvalue weighted by Crippen LogP contribution is 2.26. The highest BCUT2D eigenvalue weighted by Gasteiger charge is 2.16. The third-order valence-electron chi connectivity index (χ3n) is 2.43. The maximum absolute atomic E-state index is 11.2. The predicted octanol–water partition coefficient (Wildman–Crippen LogP) is 1.10. The van der Waals surface area contributed by atoms with Gasteiger partial charge in [-0.3, -0.25) is 9.48 Å². The molecule has 0 saturated carbocycles. The summed E-state index contributed by atoms with van der Waals surface area (Å²) in [5, 5.41) is 4.79. The Labute approximate surface area is 93.0 Å². The van der Waals surface area contributed by atoms with Crippen molar-refractivity contribution in [1.82, 2.24) is 9.78 Å². The number of amides is 1. The number of aromatic nitrogens is 2. The third-order valence-corrected chi connectivity index (χ3v) is 2.43. The Balaban J connectivity index is 2.84. The summed E-state index contributed by atoms with van der Waals surface area (Å²) >= 11 is 0. The number of nitrogens with two attached hydrogens (primary N) is 2. The number of nitrogens with zero attached hydrogens (tertiary/aromatic N) is 2. The molecular formula is C11H13N4O. The number of anilines is 1. The van der Waals surface area contributed by atoms with Crippen LogP contribution in [0.5, 0.6) is 0 Å². The van der Waals surface area contributed by atoms with E-state index in [1.165, 1.54) is 0 Å². The van der Waals surface area contributed by atoms with Gasteiger partial charge in [0.15, 0.2) is 5.82 Å². The Morgan fingerprint density at radius 2 is 2.25 bits per heavy atom. The maximum atomic E-state index is 11.2. The summed E-state index contributed by atoms with van der Waals surface area (Å²) in [5.74, 6) is -0.227. The van der Waals surface area contributed by atoms with Gasteiger partial charge < -0.3 is 11.5 Å². The summed E-state index contributed by atoms with van der Waals surface area (Å²) in [6.45, 7) is 3.99. The molecule has 1 aromatic heterocycles. The SMILES string of the molecule is CC(C)n1nc(N)c2c(C(N)=O)[c]ccc21. The van der Waals surface area contributed by atoms with Gasteiger partial charge in [-0.2, -0.15) is 5.10 Å². The Bertz CT molecular complexity index is 556. The van der Waals surface area contributed by atoms with Crippen molar-refractivity contribution in [3.63, 3.8) is 0 Å². The molecule has 83 valence electrons. The first-order chi connectivity index (χ1) is 7.52. The number of carbonyl (C=O) groups excluding carboxylic acids is 1. The summed E-state index contributed by atoms with van der Waals surface area (Å²) in [6, 6.07) is 6.45. The van der Waals surface area contributed by atoms with Gasteiger partial charge in [-0.1, -0.05) is 6.07 Å². The molecule has 0 aliphatic rings. The van der Waals surface area contributed by atoms with Crippen molar-refractivity contribution in [2.45, 2.75) is 19.9 Å². The molecule has 2 rings (SSSR count). The number of hydrogen-bond acceptors (Lipinski definition) is 3. The highest BCUT2D eigenvalue weighted by molar-refractivity contribution is 6.09. The highest BCUT2D eigenvalue weighted by atomic mass is 16.1. The van der Waals surface area contributed by atoms with Crippen LogP contribution in [-0.2, 0) is 0 Å². The van der Waals surface area contributed by atoms with Crippen LogP contribution in [0.1, 0.15) is 30.2 Å². The molecule has 4 N–H and O–H groups in total. The largest absolute Gasteiger partial charge is 0.382 e. The Hall–Kier alpha value is -2.04. The van der Waals surface area contributed by atoms with E-state index in [-0.39, 0.29) is 6.04 Å². The number of hydrogen-bond donors (Lipinski definition) is 2. The van der Waals surface area contributed by atoms with Crippen LogP contribution in [-0.4, -0.2) is 15.7 Å². The van der Waals surface area contributed by atoms with E-state index in [4.69, 9.17) is 11.5 Å². The summed E-state index contributed by atoms with van der Waals surface area (Å²) in [5.41, 5.74) is 12.2. The molecule has 0 bridgehead atoms. The first-order valence-electron chi connectivity index (χ1n) is 5.00. The van der Waals surface area contributed by atoms with Gasteiger partial charge in [0.1, 0.15) is 0 Å². The van der Waals surface area contributed by atoms with E-state index in [1.54, 1.807) is 10.7 Å². The molecule has 0 fully saturated rings. The second-order valence-corrected chi connectivity index (χ2v) is 3.90. The van der Waals surface area contributed by atoms with Crippen molar-refractivity contribution >= 4 is 22.6 Å². The van der Waals surface area contributed by atoms with E-state index in [0.29, 0.717) is 16.8 Å². The molecule has 5 nitrogen and oxygen atoms in total. The smallest absolute Gasteiger partial charge is 0.250 e. The fourth-order valence-corrected chi connectivity index (χ4v) is 1.75. The van der Waals surface area contributed by atoms with Crippen molar-refractivity contribution in [2.75, 3.05) is 5.73 Å². The molecule has 0 aliphatic carbocycles. The fourth-order valence-electron chi connectivity index (χ4n) is 1.75. The molecule has 1 radical (unpaired) electrons. The number of benzene rings is 1. The lowest BCUT2D eigenvalue weighted by Gasteiger charge is -2.06. The standard InChI is InChI=1S/C11H13N4O/c1-6(2)15-8-5-3-4-7(11(13)16)9(8)10(12)14-15/h3,5-6H,1-2H3,(H2,12,14)(H2,13,16). The van der Waals surface area contributed by atoms with Crippen molar-refractivity contribution in [3.05, 3.63) is 23.8 Å². The van der Waals surface area contributed by atoms with Gasteiger partial charge in [0.25, 0.3) is 0 Å². The number of nitrogen functional groups attached to an aromatic ring is 1. The van der Waals surface area contributed by atoms with Crippen LogP contribution < -0.4 is 11.5 Å². The lowest BCUT2D eigenvalue weighted by molar-refractivity contribution is 0.100. The summed E-state index contributed by atoms with van der Waals surface area (Å²) in [7, 11) is 0. The molecule has 0 spiro atoms. The Morgan fingerprint density at radius 1 is 1.56 bits per heavy atom. The van der Waals surface area contributed by atoms with E-state index >= 15 is 0 Å². The maximum Gasteiger partial charge on any atom is 0.250 e. The first-order valence-corrected chi connectivity index (χ1v) is 5.00. The zero-order valence-corrected chi connectivity index (χ0v) is 9.19. The van der Waals surface area contributed by atoms with Gasteiger partial charge in [-0.25, -0.2) is 0 Å². The van der Waals surface area contributed by atoms with Crippen LogP contribution in [0.4, 0.5) is 5.82 Å². The summed E-state index contributed by atoms with van der Waals surface area (Å²) < 4.78 is 1.77. The summed E-state index contributed by atoms with van der Waals surface area (Å²) in [4.78, 5) is 11.2. The quantitative estimate of drug-likeness (QED) is 0.789. The molecule has 2 aromatic rings. The van der Waals surface area contributed by atoms with E-state index < -0.39 is 5.91 Å². The second-order valence-electron chi connectivity index (χ2n) is 3.90. The number of primary amides is 1. The normalized spacial score (nSPS) is 11.2. The van der Waals surface area contributed by atoms with E-state index in [0.717, 1.165) is 5.52 Å². The van der Waals surface area contributed by atoms with Crippen LogP contribution >= 0.6 is 0 Å². The van der Waals surface area contributed by atoms with Crippen molar-refractivity contribution in [1.29, 1.82) is 0 Å². The topological polar surface area (TPSA) is 86.9 Å². The molecule has 1 amide bonds. The van der Waals surface area contributed by atoms with E-state index in [2.05, 4.69) is 11.2 Å². The zero-order chi connectivity index (χ0) is 11.9. The summed E-state index contributed by atoms with van der Waals surface area (Å²) in [6.07, 6.45) is 0.